The maximum absolute atomic E-state index is 13.6. The van der Waals surface area contributed by atoms with Crippen molar-refractivity contribution >= 4 is 28.5 Å². The van der Waals surface area contributed by atoms with E-state index in [1.807, 2.05) is 36.4 Å². The van der Waals surface area contributed by atoms with Crippen LogP contribution in [-0.4, -0.2) is 49.7 Å². The van der Waals surface area contributed by atoms with Crippen LogP contribution < -0.4 is 0 Å². The first-order valence-electron chi connectivity index (χ1n) is 10.9. The second-order valence-electron chi connectivity index (χ2n) is 8.15. The minimum absolute atomic E-state index is 0.0714. The van der Waals surface area contributed by atoms with Crippen molar-refractivity contribution < 1.29 is 14.3 Å². The van der Waals surface area contributed by atoms with E-state index in [1.165, 1.54) is 23.1 Å². The van der Waals surface area contributed by atoms with Gasteiger partial charge in [0.1, 0.15) is 17.2 Å². The number of nitrogens with zero attached hydrogens (tertiary/aromatic N) is 3. The number of likely N-dealkylation sites (N-methyl/N-ethyl adjacent to an activating group) is 1. The molecule has 35 heavy (non-hydrogen) atoms. The fourth-order valence-corrected chi connectivity index (χ4v) is 4.26. The molecule has 0 fully saturated rings. The number of rotatable bonds is 6. The molecule has 2 aromatic carbocycles. The van der Waals surface area contributed by atoms with E-state index in [-0.39, 0.29) is 17.5 Å². The molecule has 0 unspecified atom stereocenters. The highest BCUT2D eigenvalue weighted by Gasteiger charge is 2.24. The molecule has 0 aliphatic heterocycles. The van der Waals surface area contributed by atoms with Crippen LogP contribution >= 0.6 is 11.6 Å². The first-order chi connectivity index (χ1) is 17.0. The molecule has 1 amide bonds. The molecule has 9 heteroatoms. The van der Waals surface area contributed by atoms with E-state index in [2.05, 4.69) is 20.2 Å². The van der Waals surface area contributed by atoms with Crippen LogP contribution in [0.25, 0.3) is 33.4 Å². The molecule has 0 aliphatic carbocycles. The number of pyridine rings is 1. The minimum Gasteiger partial charge on any atom is -0.394 e. The Morgan fingerprint density at radius 1 is 1.11 bits per heavy atom. The third-order valence-corrected chi connectivity index (χ3v) is 6.29. The fourth-order valence-electron chi connectivity index (χ4n) is 4.07. The van der Waals surface area contributed by atoms with Crippen LogP contribution in [0.4, 0.5) is 4.39 Å². The van der Waals surface area contributed by atoms with Crippen molar-refractivity contribution in [2.45, 2.75) is 6.04 Å². The van der Waals surface area contributed by atoms with Gasteiger partial charge in [0.15, 0.2) is 5.65 Å². The lowest BCUT2D eigenvalue weighted by atomic mass is 10.0. The molecular formula is C26H21ClFN5O2. The Bertz CT molecular complexity index is 1520. The summed E-state index contributed by atoms with van der Waals surface area (Å²) in [4.78, 5) is 22.1. The Morgan fingerprint density at radius 3 is 2.66 bits per heavy atom. The summed E-state index contributed by atoms with van der Waals surface area (Å²) in [5.41, 5.74) is 4.85. The maximum Gasteiger partial charge on any atom is 0.270 e. The Kier molecular flexibility index (Phi) is 6.07. The lowest BCUT2D eigenvalue weighted by Gasteiger charge is -2.26. The third-order valence-electron chi connectivity index (χ3n) is 6.00. The first kappa shape index (κ1) is 22.8. The number of aromatic amines is 2. The Balaban J connectivity index is 1.44. The number of hydrogen-bond acceptors (Lipinski definition) is 4. The monoisotopic (exact) mass is 489 g/mol. The number of H-pyrrole nitrogens is 2. The van der Waals surface area contributed by atoms with E-state index in [9.17, 15) is 14.3 Å². The van der Waals surface area contributed by atoms with Gasteiger partial charge in [-0.25, -0.2) is 9.37 Å². The Hall–Kier alpha value is -4.01. The quantitative estimate of drug-likeness (QED) is 0.304. The second kappa shape index (κ2) is 9.32. The first-order valence-corrected chi connectivity index (χ1v) is 11.3. The molecule has 3 aromatic heterocycles. The molecule has 0 radical (unpaired) electrons. The van der Waals surface area contributed by atoms with E-state index < -0.39 is 11.9 Å². The number of hydrogen-bond donors (Lipinski definition) is 3. The predicted octanol–water partition coefficient (Wildman–Crippen LogP) is 5.22. The number of halogens is 2. The number of aliphatic hydroxyl groups is 1. The van der Waals surface area contributed by atoms with E-state index in [0.717, 1.165) is 16.5 Å². The van der Waals surface area contributed by atoms with Crippen LogP contribution in [0.3, 0.4) is 0 Å². The van der Waals surface area contributed by atoms with Crippen LogP contribution in [0.15, 0.2) is 73.1 Å². The summed E-state index contributed by atoms with van der Waals surface area (Å²) >= 11 is 5.89. The largest absolute Gasteiger partial charge is 0.394 e. The number of benzene rings is 2. The minimum atomic E-state index is -0.698. The van der Waals surface area contributed by atoms with Gasteiger partial charge in [0.2, 0.25) is 0 Å². The molecule has 0 spiro atoms. The van der Waals surface area contributed by atoms with E-state index >= 15 is 0 Å². The summed E-state index contributed by atoms with van der Waals surface area (Å²) in [6, 6.07) is 17.1. The van der Waals surface area contributed by atoms with Gasteiger partial charge in [-0.3, -0.25) is 9.89 Å². The van der Waals surface area contributed by atoms with Gasteiger partial charge in [0.25, 0.3) is 5.91 Å². The van der Waals surface area contributed by atoms with E-state index in [0.29, 0.717) is 28.2 Å². The molecule has 3 heterocycles. The van der Waals surface area contributed by atoms with Crippen molar-refractivity contribution in [2.24, 2.45) is 0 Å². The number of carbonyl (C=O) groups is 1. The van der Waals surface area contributed by atoms with Gasteiger partial charge < -0.3 is 15.0 Å². The zero-order valence-corrected chi connectivity index (χ0v) is 19.4. The number of amides is 1. The number of nitrogens with one attached hydrogen (secondary N) is 2. The molecule has 3 N–H and O–H groups in total. The lowest BCUT2D eigenvalue weighted by molar-refractivity contribution is 0.0653. The van der Waals surface area contributed by atoms with Crippen LogP contribution in [0.5, 0.6) is 0 Å². The Labute approximate surface area is 205 Å². The summed E-state index contributed by atoms with van der Waals surface area (Å²) in [7, 11) is 1.57. The van der Waals surface area contributed by atoms with Gasteiger partial charge in [-0.15, -0.1) is 0 Å². The Morgan fingerprint density at radius 2 is 1.91 bits per heavy atom. The molecule has 0 aliphatic rings. The second-order valence-corrected chi connectivity index (χ2v) is 8.56. The highest BCUT2D eigenvalue weighted by Crippen LogP contribution is 2.31. The molecular weight excluding hydrogens is 469 g/mol. The van der Waals surface area contributed by atoms with Crippen molar-refractivity contribution in [1.82, 2.24) is 25.1 Å². The molecule has 176 valence electrons. The van der Waals surface area contributed by atoms with Crippen LogP contribution in [0.1, 0.15) is 22.1 Å². The molecule has 7 nitrogen and oxygen atoms in total. The van der Waals surface area contributed by atoms with Crippen molar-refractivity contribution in [1.29, 1.82) is 0 Å². The van der Waals surface area contributed by atoms with Gasteiger partial charge in [-0.1, -0.05) is 48.0 Å². The van der Waals surface area contributed by atoms with Gasteiger partial charge in [0.05, 0.1) is 17.7 Å². The predicted molar refractivity (Wildman–Crippen MR) is 132 cm³/mol. The summed E-state index contributed by atoms with van der Waals surface area (Å²) in [5, 5.41) is 18.0. The average molecular weight is 490 g/mol. The van der Waals surface area contributed by atoms with Crippen LogP contribution in [0, 0.1) is 5.82 Å². The van der Waals surface area contributed by atoms with Gasteiger partial charge >= 0.3 is 0 Å². The molecule has 5 rings (SSSR count). The van der Waals surface area contributed by atoms with Gasteiger partial charge in [-0.05, 0) is 35.4 Å². The van der Waals surface area contributed by atoms with Crippen molar-refractivity contribution in [2.75, 3.05) is 13.7 Å². The summed E-state index contributed by atoms with van der Waals surface area (Å²) < 4.78 is 13.6. The van der Waals surface area contributed by atoms with Crippen LogP contribution in [0.2, 0.25) is 5.02 Å². The number of fused-ring (bicyclic) bond motifs is 1. The summed E-state index contributed by atoms with van der Waals surface area (Å²) in [5.74, 6) is -0.912. The summed E-state index contributed by atoms with van der Waals surface area (Å²) in [6.45, 7) is -0.351. The zero-order valence-electron chi connectivity index (χ0n) is 18.7. The van der Waals surface area contributed by atoms with E-state index in [4.69, 9.17) is 11.6 Å². The SMILES string of the molecule is CN(C(=O)c1cc(-c2n[nH]c3ncc(-c4ccccc4)cc23)c[nH]1)[C@H](CO)c1ccc(F)c(Cl)c1. The van der Waals surface area contributed by atoms with Crippen molar-refractivity contribution in [3.8, 4) is 22.4 Å². The standard InChI is InChI=1S/C26H21ClFN5O2/c1-33(23(14-34)16-7-8-21(28)20(27)10-16)26(35)22-11-18(13-29-22)24-19-9-17(12-30-25(19)32-31-24)15-5-3-2-4-6-15/h2-13,23,29,34H,14H2,1H3,(H,30,31,32)/t23-/m1/s1. The smallest absolute Gasteiger partial charge is 0.270 e. The highest BCUT2D eigenvalue weighted by molar-refractivity contribution is 6.30. The normalized spacial score (nSPS) is 12.1. The average Bonchev–Trinajstić information content (AvgIpc) is 3.53. The number of aliphatic hydroxyl groups excluding tert-OH is 1. The third kappa shape index (κ3) is 4.29. The highest BCUT2D eigenvalue weighted by atomic mass is 35.5. The number of aromatic nitrogens is 4. The molecule has 1 atom stereocenters. The summed E-state index contributed by atoms with van der Waals surface area (Å²) in [6.07, 6.45) is 3.49. The van der Waals surface area contributed by atoms with Gasteiger partial charge in [0, 0.05) is 36.0 Å². The zero-order chi connectivity index (χ0) is 24.5. The van der Waals surface area contributed by atoms with Crippen LogP contribution in [-0.2, 0) is 0 Å². The van der Waals surface area contributed by atoms with Crippen molar-refractivity contribution in [3.05, 3.63) is 95.2 Å². The lowest BCUT2D eigenvalue weighted by Crippen LogP contribution is -2.33. The molecule has 0 saturated carbocycles. The molecule has 0 bridgehead atoms. The maximum atomic E-state index is 13.6. The number of carbonyl (C=O) groups excluding carboxylic acids is 1. The topological polar surface area (TPSA) is 97.9 Å². The molecule has 5 aromatic rings. The van der Waals surface area contributed by atoms with E-state index in [1.54, 1.807) is 25.5 Å². The fraction of sp³-hybridized carbons (Fsp3) is 0.115. The van der Waals surface area contributed by atoms with Gasteiger partial charge in [-0.2, -0.15) is 5.10 Å². The van der Waals surface area contributed by atoms with Crippen molar-refractivity contribution in [3.63, 3.8) is 0 Å². The molecule has 0 saturated heterocycles.